The number of carbonyl (C=O) groups excluding carboxylic acids is 2. The Bertz CT molecular complexity index is 1440. The molecule has 0 fully saturated rings. The van der Waals surface area contributed by atoms with E-state index in [9.17, 15) is 14.7 Å². The largest absolute Gasteiger partial charge is 0.506 e. The summed E-state index contributed by atoms with van der Waals surface area (Å²) in [5, 5.41) is 20.2. The maximum atomic E-state index is 12.5. The molecular formula is C23H19Cl2N5O3S2. The lowest BCUT2D eigenvalue weighted by Gasteiger charge is -2.04. The first-order valence-electron chi connectivity index (χ1n) is 10.2. The summed E-state index contributed by atoms with van der Waals surface area (Å²) in [6.45, 7) is 2.00. The Morgan fingerprint density at radius 1 is 1.14 bits per heavy atom. The fraction of sp³-hybridized carbons (Fsp3) is 0.130. The van der Waals surface area contributed by atoms with E-state index in [1.807, 2.05) is 11.6 Å². The smallest absolute Gasteiger partial charge is 0.281 e. The quantitative estimate of drug-likeness (QED) is 0.215. The van der Waals surface area contributed by atoms with Crippen LogP contribution in [0.15, 0.2) is 53.3 Å². The van der Waals surface area contributed by atoms with Gasteiger partial charge in [-0.2, -0.15) is 5.10 Å². The molecule has 35 heavy (non-hydrogen) atoms. The van der Waals surface area contributed by atoms with E-state index in [0.717, 1.165) is 22.6 Å². The molecule has 0 saturated carbocycles. The number of carbonyl (C=O) groups is 2. The molecule has 3 aromatic heterocycles. The number of nitrogens with zero attached hydrogens (tertiary/aromatic N) is 3. The normalized spacial score (nSPS) is 11.5. The molecule has 8 nitrogen and oxygen atoms in total. The number of nitrogens with one attached hydrogen (secondary N) is 2. The number of aromatic nitrogens is 2. The van der Waals surface area contributed by atoms with Crippen LogP contribution in [-0.2, 0) is 13.6 Å². The van der Waals surface area contributed by atoms with Crippen LogP contribution in [0.5, 0.6) is 5.75 Å². The SMILES string of the molecule is C/C(=N\NC(=O)c1ccc(C(=O)NCc2cncn2C)s1)c1csc(-c2ccc(Cl)c(Cl)c2)c1O. The molecule has 0 saturated heterocycles. The van der Waals surface area contributed by atoms with Gasteiger partial charge in [0.25, 0.3) is 11.8 Å². The third-order valence-electron chi connectivity index (χ3n) is 5.06. The van der Waals surface area contributed by atoms with Crippen LogP contribution in [0.4, 0.5) is 0 Å². The van der Waals surface area contributed by atoms with Gasteiger partial charge in [-0.05, 0) is 36.8 Å². The first kappa shape index (κ1) is 24.9. The first-order valence-corrected chi connectivity index (χ1v) is 12.6. The van der Waals surface area contributed by atoms with E-state index in [-0.39, 0.29) is 11.7 Å². The minimum Gasteiger partial charge on any atom is -0.506 e. The molecule has 0 aliphatic carbocycles. The third kappa shape index (κ3) is 5.57. The monoisotopic (exact) mass is 547 g/mol. The van der Waals surface area contributed by atoms with Gasteiger partial charge in [0, 0.05) is 18.6 Å². The molecule has 3 heterocycles. The van der Waals surface area contributed by atoms with Crippen LogP contribution in [-0.4, -0.2) is 32.2 Å². The van der Waals surface area contributed by atoms with Gasteiger partial charge in [0.15, 0.2) is 0 Å². The molecule has 0 aliphatic rings. The minimum atomic E-state index is -0.459. The van der Waals surface area contributed by atoms with Crippen molar-refractivity contribution in [2.45, 2.75) is 13.5 Å². The van der Waals surface area contributed by atoms with Gasteiger partial charge in [-0.25, -0.2) is 10.4 Å². The first-order chi connectivity index (χ1) is 16.7. The van der Waals surface area contributed by atoms with Crippen LogP contribution in [0.3, 0.4) is 0 Å². The lowest BCUT2D eigenvalue weighted by molar-refractivity contribution is 0.0949. The molecule has 3 N–H and O–H groups in total. The average molecular weight is 548 g/mol. The van der Waals surface area contributed by atoms with Crippen LogP contribution in [0, 0.1) is 0 Å². The van der Waals surface area contributed by atoms with Crippen molar-refractivity contribution in [2.24, 2.45) is 12.1 Å². The number of benzene rings is 1. The van der Waals surface area contributed by atoms with Crippen molar-refractivity contribution >= 4 is 63.4 Å². The van der Waals surface area contributed by atoms with Crippen molar-refractivity contribution in [3.63, 3.8) is 0 Å². The van der Waals surface area contributed by atoms with Gasteiger partial charge < -0.3 is 15.0 Å². The number of rotatable bonds is 7. The second-order valence-corrected chi connectivity index (χ2v) is 10.2. The topological polar surface area (TPSA) is 109 Å². The standard InChI is InChI=1S/C23H19Cl2N5O3S2/c1-12(15-10-34-21(20(15)31)13-3-4-16(24)17(25)7-13)28-29-23(33)19-6-5-18(35-19)22(32)27-9-14-8-26-11-30(14)2/h3-8,10-11,31H,9H2,1-2H3,(H,27,32)(H,29,33)/b28-12+. The van der Waals surface area contributed by atoms with Gasteiger partial charge >= 0.3 is 0 Å². The number of hydrogen-bond donors (Lipinski definition) is 3. The summed E-state index contributed by atoms with van der Waals surface area (Å²) in [7, 11) is 1.84. The maximum absolute atomic E-state index is 12.5. The number of hydrogen-bond acceptors (Lipinski definition) is 7. The molecule has 4 aromatic rings. The number of aryl methyl sites for hydroxylation is 1. The summed E-state index contributed by atoms with van der Waals surface area (Å²) >= 11 is 14.4. The highest BCUT2D eigenvalue weighted by Crippen LogP contribution is 2.40. The zero-order valence-electron chi connectivity index (χ0n) is 18.5. The van der Waals surface area contributed by atoms with Gasteiger partial charge in [-0.1, -0.05) is 29.3 Å². The Kier molecular flexibility index (Phi) is 7.56. The summed E-state index contributed by atoms with van der Waals surface area (Å²) in [5.41, 5.74) is 4.96. The maximum Gasteiger partial charge on any atom is 0.281 e. The Morgan fingerprint density at radius 3 is 2.57 bits per heavy atom. The highest BCUT2D eigenvalue weighted by molar-refractivity contribution is 7.16. The molecule has 1 aromatic carbocycles. The van der Waals surface area contributed by atoms with Crippen molar-refractivity contribution in [1.29, 1.82) is 0 Å². The fourth-order valence-corrected chi connectivity index (χ4v) is 5.21. The second kappa shape index (κ2) is 10.6. The van der Waals surface area contributed by atoms with Crippen molar-refractivity contribution in [1.82, 2.24) is 20.3 Å². The Morgan fingerprint density at radius 2 is 1.89 bits per heavy atom. The molecule has 0 radical (unpaired) electrons. The zero-order valence-corrected chi connectivity index (χ0v) is 21.6. The van der Waals surface area contributed by atoms with E-state index in [1.165, 1.54) is 11.3 Å². The second-order valence-electron chi connectivity index (χ2n) is 7.44. The van der Waals surface area contributed by atoms with Crippen LogP contribution < -0.4 is 10.7 Å². The van der Waals surface area contributed by atoms with E-state index in [2.05, 4.69) is 20.8 Å². The van der Waals surface area contributed by atoms with Gasteiger partial charge in [0.1, 0.15) is 5.75 Å². The van der Waals surface area contributed by atoms with E-state index in [4.69, 9.17) is 23.2 Å². The lowest BCUT2D eigenvalue weighted by atomic mass is 10.1. The molecule has 180 valence electrons. The average Bonchev–Trinajstić information content (AvgIpc) is 3.58. The Balaban J connectivity index is 1.40. The summed E-state index contributed by atoms with van der Waals surface area (Å²) in [4.78, 5) is 30.3. The van der Waals surface area contributed by atoms with Crippen LogP contribution in [0.1, 0.15) is 37.5 Å². The summed E-state index contributed by atoms with van der Waals surface area (Å²) in [6.07, 6.45) is 3.33. The Labute approximate surface area is 218 Å². The third-order valence-corrected chi connectivity index (χ3v) is 7.90. The van der Waals surface area contributed by atoms with Crippen LogP contribution >= 0.6 is 45.9 Å². The van der Waals surface area contributed by atoms with Crippen molar-refractivity contribution < 1.29 is 14.7 Å². The minimum absolute atomic E-state index is 0.0346. The zero-order chi connectivity index (χ0) is 25.1. The van der Waals surface area contributed by atoms with Gasteiger partial charge in [-0.3, -0.25) is 9.59 Å². The lowest BCUT2D eigenvalue weighted by Crippen LogP contribution is -2.23. The predicted octanol–water partition coefficient (Wildman–Crippen LogP) is 5.31. The molecule has 4 rings (SSSR count). The number of imidazole rings is 1. The summed E-state index contributed by atoms with van der Waals surface area (Å²) in [5.74, 6) is -0.709. The van der Waals surface area contributed by atoms with E-state index < -0.39 is 5.91 Å². The van der Waals surface area contributed by atoms with Crippen molar-refractivity contribution in [2.75, 3.05) is 0 Å². The number of thiophene rings is 2. The van der Waals surface area contributed by atoms with Crippen molar-refractivity contribution in [3.8, 4) is 16.2 Å². The molecule has 0 spiro atoms. The molecule has 0 unspecified atom stereocenters. The van der Waals surface area contributed by atoms with Gasteiger partial charge in [0.2, 0.25) is 0 Å². The molecular weight excluding hydrogens is 529 g/mol. The summed E-state index contributed by atoms with van der Waals surface area (Å²) in [6, 6.07) is 8.25. The van der Waals surface area contributed by atoms with Crippen LogP contribution in [0.25, 0.3) is 10.4 Å². The van der Waals surface area contributed by atoms with E-state index in [1.54, 1.807) is 55.2 Å². The number of hydrazone groups is 1. The van der Waals surface area contributed by atoms with E-state index in [0.29, 0.717) is 42.5 Å². The molecule has 0 bridgehead atoms. The molecule has 0 atom stereocenters. The fourth-order valence-electron chi connectivity index (χ4n) is 3.10. The highest BCUT2D eigenvalue weighted by atomic mass is 35.5. The van der Waals surface area contributed by atoms with Crippen LogP contribution in [0.2, 0.25) is 10.0 Å². The number of amides is 2. The Hall–Kier alpha value is -3.18. The van der Waals surface area contributed by atoms with Gasteiger partial charge in [0.05, 0.1) is 54.5 Å². The van der Waals surface area contributed by atoms with E-state index >= 15 is 0 Å². The molecule has 12 heteroatoms. The highest BCUT2D eigenvalue weighted by Gasteiger charge is 2.17. The molecule has 2 amide bonds. The number of halogens is 2. The predicted molar refractivity (Wildman–Crippen MR) is 140 cm³/mol. The van der Waals surface area contributed by atoms with Gasteiger partial charge in [-0.15, -0.1) is 22.7 Å². The summed E-state index contributed by atoms with van der Waals surface area (Å²) < 4.78 is 1.81. The number of aromatic hydroxyl groups is 1. The molecule has 0 aliphatic heterocycles. The van der Waals surface area contributed by atoms with Crippen molar-refractivity contribution in [3.05, 3.63) is 79.3 Å².